The van der Waals surface area contributed by atoms with E-state index in [1.807, 2.05) is 0 Å². The topological polar surface area (TPSA) is 183 Å². The number of ether oxygens (including phenoxy) is 1. The Morgan fingerprint density at radius 3 is 2.49 bits per heavy atom. The minimum atomic E-state index is -2.66. The minimum Gasteiger partial charge on any atom is -0.510 e. The van der Waals surface area contributed by atoms with Crippen molar-refractivity contribution in [1.29, 1.82) is 0 Å². The number of carbonyl (C=O) groups excluding carboxylic acids is 3. The third kappa shape index (κ3) is 4.38. The molecule has 0 aromatic heterocycles. The summed E-state index contributed by atoms with van der Waals surface area (Å²) in [6.45, 7) is 5.40. The fourth-order valence-electron chi connectivity index (χ4n) is 6.36. The number of amides is 1. The number of primary amides is 1. The minimum absolute atomic E-state index is 0.0204. The SMILES string of the molecule is COc1c(CNCCC(C)C)cc(O)c2c1C[C@H]1C[C@H]3[C@H](N(C)C)C(O)=C(C(N)=O)C(=O)[C@@]3(O)C(O)=C1C2=O. The van der Waals surface area contributed by atoms with Crippen molar-refractivity contribution in [2.45, 2.75) is 51.3 Å². The normalized spacial score (nSPS) is 26.6. The van der Waals surface area contributed by atoms with Crippen LogP contribution in [0.25, 0.3) is 0 Å². The van der Waals surface area contributed by atoms with E-state index in [4.69, 9.17) is 10.5 Å². The number of Topliss-reactive ketones (excluding diaryl/α,β-unsaturated/α-hetero) is 2. The van der Waals surface area contributed by atoms with Crippen molar-refractivity contribution in [3.63, 3.8) is 0 Å². The van der Waals surface area contributed by atoms with E-state index in [9.17, 15) is 34.8 Å². The quantitative estimate of drug-likeness (QED) is 0.206. The largest absolute Gasteiger partial charge is 0.510 e. The molecule has 1 aromatic carbocycles. The first-order chi connectivity index (χ1) is 18.3. The van der Waals surface area contributed by atoms with E-state index in [1.165, 1.54) is 18.1 Å². The fraction of sp³-hybridized carbons (Fsp3) is 0.536. The molecule has 1 aromatic rings. The highest BCUT2D eigenvalue weighted by atomic mass is 16.5. The van der Waals surface area contributed by atoms with Gasteiger partial charge in [-0.05, 0) is 57.8 Å². The van der Waals surface area contributed by atoms with Gasteiger partial charge < -0.3 is 36.2 Å². The molecule has 0 heterocycles. The van der Waals surface area contributed by atoms with E-state index in [2.05, 4.69) is 19.2 Å². The van der Waals surface area contributed by atoms with Crippen molar-refractivity contribution in [1.82, 2.24) is 10.2 Å². The molecular weight excluding hydrogens is 506 g/mol. The molecule has 0 unspecified atom stereocenters. The predicted octanol–water partition coefficient (Wildman–Crippen LogP) is 1.26. The molecule has 3 aliphatic carbocycles. The first-order valence-electron chi connectivity index (χ1n) is 13.0. The lowest BCUT2D eigenvalue weighted by molar-refractivity contribution is -0.148. The van der Waals surface area contributed by atoms with Crippen LogP contribution in [0.1, 0.15) is 48.2 Å². The Hall–Kier alpha value is -3.41. The Bertz CT molecular complexity index is 1300. The van der Waals surface area contributed by atoms with Gasteiger partial charge in [0, 0.05) is 29.2 Å². The van der Waals surface area contributed by atoms with Crippen LogP contribution in [0.5, 0.6) is 11.5 Å². The van der Waals surface area contributed by atoms with Gasteiger partial charge >= 0.3 is 0 Å². The number of aliphatic hydroxyl groups is 3. The Morgan fingerprint density at radius 1 is 1.26 bits per heavy atom. The van der Waals surface area contributed by atoms with Crippen LogP contribution in [0.4, 0.5) is 0 Å². The van der Waals surface area contributed by atoms with Crippen molar-refractivity contribution < 1.29 is 39.5 Å². The highest BCUT2D eigenvalue weighted by Gasteiger charge is 2.63. The number of phenols is 1. The number of phenolic OH excluding ortho intramolecular Hbond substituents is 1. The molecule has 0 saturated heterocycles. The third-order valence-corrected chi connectivity index (χ3v) is 8.17. The number of rotatable bonds is 8. The smallest absolute Gasteiger partial charge is 0.255 e. The van der Waals surface area contributed by atoms with Crippen molar-refractivity contribution in [2.75, 3.05) is 27.7 Å². The summed E-state index contributed by atoms with van der Waals surface area (Å²) in [5, 5.41) is 48.1. The number of aliphatic hydroxyl groups excluding tert-OH is 2. The lowest BCUT2D eigenvalue weighted by Gasteiger charge is -2.50. The van der Waals surface area contributed by atoms with Gasteiger partial charge in [-0.1, -0.05) is 13.8 Å². The Balaban J connectivity index is 1.83. The highest BCUT2D eigenvalue weighted by molar-refractivity contribution is 6.24. The molecule has 0 saturated carbocycles. The zero-order valence-electron chi connectivity index (χ0n) is 22.9. The summed E-state index contributed by atoms with van der Waals surface area (Å²) in [5.41, 5.74) is 2.73. The summed E-state index contributed by atoms with van der Waals surface area (Å²) < 4.78 is 5.70. The molecule has 3 aliphatic rings. The molecule has 11 nitrogen and oxygen atoms in total. The van der Waals surface area contributed by atoms with Crippen LogP contribution in [0.15, 0.2) is 28.7 Å². The number of nitrogens with zero attached hydrogens (tertiary/aromatic N) is 1. The van der Waals surface area contributed by atoms with Gasteiger partial charge in [0.2, 0.25) is 5.78 Å². The maximum Gasteiger partial charge on any atom is 0.255 e. The molecule has 0 bridgehead atoms. The van der Waals surface area contributed by atoms with Gasteiger partial charge in [-0.3, -0.25) is 19.3 Å². The second-order valence-electron chi connectivity index (χ2n) is 11.3. The van der Waals surface area contributed by atoms with Crippen LogP contribution in [0.3, 0.4) is 0 Å². The number of aromatic hydroxyl groups is 1. The first-order valence-corrected chi connectivity index (χ1v) is 13.0. The first kappa shape index (κ1) is 28.6. The van der Waals surface area contributed by atoms with Gasteiger partial charge in [0.25, 0.3) is 5.91 Å². The maximum atomic E-state index is 13.8. The molecule has 0 aliphatic heterocycles. The highest BCUT2D eigenvalue weighted by Crippen LogP contribution is 2.53. The molecule has 7 N–H and O–H groups in total. The number of ketones is 2. The molecule has 0 fully saturated rings. The summed E-state index contributed by atoms with van der Waals surface area (Å²) in [4.78, 5) is 40.7. The van der Waals surface area contributed by atoms with Gasteiger partial charge in [0.15, 0.2) is 11.4 Å². The van der Waals surface area contributed by atoms with Crippen LogP contribution in [-0.4, -0.2) is 82.2 Å². The number of benzene rings is 1. The molecule has 1 amide bonds. The zero-order chi connectivity index (χ0) is 29.0. The monoisotopic (exact) mass is 543 g/mol. The van der Waals surface area contributed by atoms with E-state index in [-0.39, 0.29) is 29.7 Å². The Morgan fingerprint density at radius 2 is 1.92 bits per heavy atom. The lowest BCUT2D eigenvalue weighted by Crippen LogP contribution is -2.63. The van der Waals surface area contributed by atoms with Gasteiger partial charge in [-0.2, -0.15) is 0 Å². The molecule has 212 valence electrons. The van der Waals surface area contributed by atoms with E-state index in [1.54, 1.807) is 14.1 Å². The Kier molecular flexibility index (Phi) is 7.54. The molecule has 4 atom stereocenters. The number of likely N-dealkylation sites (N-methyl/N-ethyl adjacent to an activating group) is 1. The number of hydrogen-bond acceptors (Lipinski definition) is 10. The summed E-state index contributed by atoms with van der Waals surface area (Å²) in [6.07, 6.45) is 1.15. The second kappa shape index (κ2) is 10.3. The van der Waals surface area contributed by atoms with Gasteiger partial charge in [-0.25, -0.2) is 0 Å². The molecule has 4 rings (SSSR count). The van der Waals surface area contributed by atoms with E-state index in [0.717, 1.165) is 13.0 Å². The maximum absolute atomic E-state index is 13.8. The molecule has 11 heteroatoms. The van der Waals surface area contributed by atoms with Crippen molar-refractivity contribution >= 4 is 17.5 Å². The molecule has 0 radical (unpaired) electrons. The lowest BCUT2D eigenvalue weighted by atomic mass is 9.58. The standard InChI is InChI=1S/C28H37N3O8/c1-12(2)6-7-30-11-14-10-17(32)19-15(24(14)39-5)8-13-9-16-21(31(3)4)23(34)20(27(29)37)26(36)28(16,38)25(35)18(13)22(19)33/h10,12-13,16,21,30,32,34-35,38H,6-9,11H2,1-5H3,(H2,29,37)/t13-,16-,21-,28-/m0/s1. The van der Waals surface area contributed by atoms with Gasteiger partial charge in [0.1, 0.15) is 28.6 Å². The van der Waals surface area contributed by atoms with Gasteiger partial charge in [0.05, 0.1) is 18.7 Å². The summed E-state index contributed by atoms with van der Waals surface area (Å²) in [7, 11) is 4.66. The molecule has 39 heavy (non-hydrogen) atoms. The average molecular weight is 544 g/mol. The number of methoxy groups -OCH3 is 1. The number of allylic oxidation sites excluding steroid dienone is 1. The third-order valence-electron chi connectivity index (χ3n) is 8.17. The number of fused-ring (bicyclic) bond motifs is 3. The zero-order valence-corrected chi connectivity index (χ0v) is 22.9. The van der Waals surface area contributed by atoms with E-state index < -0.39 is 58.0 Å². The summed E-state index contributed by atoms with van der Waals surface area (Å²) in [5.74, 6) is -5.84. The van der Waals surface area contributed by atoms with Crippen LogP contribution in [-0.2, 0) is 22.6 Å². The van der Waals surface area contributed by atoms with E-state index in [0.29, 0.717) is 29.3 Å². The molecule has 0 spiro atoms. The van der Waals surface area contributed by atoms with Gasteiger partial charge in [-0.15, -0.1) is 0 Å². The number of hydrogen-bond donors (Lipinski definition) is 6. The number of carbonyl (C=O) groups is 3. The average Bonchev–Trinajstić information content (AvgIpc) is 2.83. The van der Waals surface area contributed by atoms with Crippen LogP contribution in [0.2, 0.25) is 0 Å². The van der Waals surface area contributed by atoms with Crippen LogP contribution >= 0.6 is 0 Å². The Labute approximate surface area is 226 Å². The number of nitrogens with one attached hydrogen (secondary N) is 1. The number of nitrogens with two attached hydrogens (primary N) is 1. The summed E-state index contributed by atoms with van der Waals surface area (Å²) in [6, 6.07) is 0.401. The van der Waals surface area contributed by atoms with Crippen molar-refractivity contribution in [2.24, 2.45) is 23.5 Å². The second-order valence-corrected chi connectivity index (χ2v) is 11.3. The van der Waals surface area contributed by atoms with E-state index >= 15 is 0 Å². The summed E-state index contributed by atoms with van der Waals surface area (Å²) >= 11 is 0. The van der Waals surface area contributed by atoms with Crippen molar-refractivity contribution in [3.05, 3.63) is 45.4 Å². The predicted molar refractivity (Wildman–Crippen MR) is 141 cm³/mol. The fourth-order valence-corrected chi connectivity index (χ4v) is 6.36. The van der Waals surface area contributed by atoms with Crippen LogP contribution < -0.4 is 15.8 Å². The molecular formula is C28H37N3O8. The van der Waals surface area contributed by atoms with Crippen LogP contribution in [0, 0.1) is 17.8 Å². The van der Waals surface area contributed by atoms with Crippen molar-refractivity contribution in [3.8, 4) is 11.5 Å².